The lowest BCUT2D eigenvalue weighted by molar-refractivity contribution is 0.465. The first-order chi connectivity index (χ1) is 7.81. The van der Waals surface area contributed by atoms with Crippen LogP contribution >= 0.6 is 34.7 Å². The Morgan fingerprint density at radius 2 is 2.50 bits per heavy atom. The van der Waals surface area contributed by atoms with Crippen LogP contribution in [0.5, 0.6) is 0 Å². The first-order valence-corrected chi connectivity index (χ1v) is 8.40. The fraction of sp³-hybridized carbons (Fsp3) is 0.667. The summed E-state index contributed by atoms with van der Waals surface area (Å²) < 4.78 is 0.947. The monoisotopic (exact) mass is 275 g/mol. The molecule has 90 valence electrons. The minimum Gasteiger partial charge on any atom is -0.310 e. The first-order valence-electron chi connectivity index (χ1n) is 5.81. The maximum atomic E-state index is 6.09. The minimum absolute atomic E-state index is 0.550. The zero-order chi connectivity index (χ0) is 11.4. The molecule has 0 saturated heterocycles. The Bertz CT molecular complexity index is 338. The summed E-state index contributed by atoms with van der Waals surface area (Å²) in [7, 11) is 0. The van der Waals surface area contributed by atoms with Crippen LogP contribution in [0.25, 0.3) is 0 Å². The number of aryl methyl sites for hydroxylation is 1. The summed E-state index contributed by atoms with van der Waals surface area (Å²) in [4.78, 5) is 1.50. The molecule has 1 aromatic heterocycles. The highest BCUT2D eigenvalue weighted by Gasteiger charge is 2.21. The van der Waals surface area contributed by atoms with Gasteiger partial charge in [0.25, 0.3) is 0 Å². The highest BCUT2D eigenvalue weighted by molar-refractivity contribution is 7.98. The van der Waals surface area contributed by atoms with Crippen molar-refractivity contribution in [3.8, 4) is 0 Å². The van der Waals surface area contributed by atoms with E-state index in [1.807, 2.05) is 11.8 Å². The molecule has 0 saturated carbocycles. The van der Waals surface area contributed by atoms with Crippen molar-refractivity contribution in [1.29, 1.82) is 0 Å². The van der Waals surface area contributed by atoms with Crippen molar-refractivity contribution in [2.75, 3.05) is 18.6 Å². The Labute approximate surface area is 111 Å². The normalized spacial score (nSPS) is 19.8. The van der Waals surface area contributed by atoms with E-state index in [1.165, 1.54) is 41.9 Å². The zero-order valence-electron chi connectivity index (χ0n) is 9.59. The highest BCUT2D eigenvalue weighted by Crippen LogP contribution is 2.37. The van der Waals surface area contributed by atoms with Gasteiger partial charge in [0.1, 0.15) is 0 Å². The van der Waals surface area contributed by atoms with E-state index < -0.39 is 0 Å². The van der Waals surface area contributed by atoms with E-state index in [4.69, 9.17) is 11.6 Å². The third-order valence-corrected chi connectivity index (χ3v) is 5.04. The van der Waals surface area contributed by atoms with E-state index in [1.54, 1.807) is 11.3 Å². The number of hydrogen-bond donors (Lipinski definition) is 1. The van der Waals surface area contributed by atoms with Gasteiger partial charge >= 0.3 is 0 Å². The van der Waals surface area contributed by atoms with Gasteiger partial charge in [-0.25, -0.2) is 0 Å². The Morgan fingerprint density at radius 1 is 1.62 bits per heavy atom. The van der Waals surface area contributed by atoms with Crippen LogP contribution < -0.4 is 5.32 Å². The molecule has 0 radical (unpaired) electrons. The molecule has 0 amide bonds. The largest absolute Gasteiger partial charge is 0.310 e. The number of fused-ring (bicyclic) bond motifs is 1. The summed E-state index contributed by atoms with van der Waals surface area (Å²) in [6.45, 7) is 1.12. The van der Waals surface area contributed by atoms with Gasteiger partial charge in [-0.3, -0.25) is 0 Å². The van der Waals surface area contributed by atoms with E-state index in [0.717, 1.165) is 10.9 Å². The zero-order valence-corrected chi connectivity index (χ0v) is 12.0. The molecule has 1 heterocycles. The van der Waals surface area contributed by atoms with Gasteiger partial charge in [-0.1, -0.05) is 11.6 Å². The van der Waals surface area contributed by atoms with E-state index in [9.17, 15) is 0 Å². The molecule has 1 aromatic rings. The predicted octanol–water partition coefficient (Wildman–Crippen LogP) is 4.12. The summed E-state index contributed by atoms with van der Waals surface area (Å²) in [5.41, 5.74) is 1.46. The molecule has 1 unspecified atom stereocenters. The molecule has 1 nitrogen and oxygen atoms in total. The van der Waals surface area contributed by atoms with E-state index in [-0.39, 0.29) is 0 Å². The van der Waals surface area contributed by atoms with Gasteiger partial charge in [0, 0.05) is 10.9 Å². The van der Waals surface area contributed by atoms with Crippen LogP contribution in [-0.4, -0.2) is 18.6 Å². The molecule has 1 atom stereocenters. The maximum Gasteiger partial charge on any atom is 0.0934 e. The quantitative estimate of drug-likeness (QED) is 0.812. The molecule has 16 heavy (non-hydrogen) atoms. The lowest BCUT2D eigenvalue weighted by atomic mass is 9.94. The van der Waals surface area contributed by atoms with Crippen molar-refractivity contribution in [3.05, 3.63) is 20.8 Å². The standard InChI is InChI=1S/C12H18ClNS2/c1-15-7-3-6-14-10-4-2-5-11-9(10)8-12(13)16-11/h8,10,14H,2-7H2,1H3. The molecule has 0 bridgehead atoms. The first kappa shape index (κ1) is 12.7. The van der Waals surface area contributed by atoms with Gasteiger partial charge in [0.2, 0.25) is 0 Å². The Balaban J connectivity index is 1.91. The lowest BCUT2D eigenvalue weighted by Crippen LogP contribution is -2.25. The van der Waals surface area contributed by atoms with Crippen LogP contribution in [0.4, 0.5) is 0 Å². The second-order valence-corrected chi connectivity index (χ2v) is 6.93. The summed E-state index contributed by atoms with van der Waals surface area (Å²) in [6, 6.07) is 2.71. The van der Waals surface area contributed by atoms with Crippen LogP contribution in [0, 0.1) is 0 Å². The Kier molecular flexibility index (Phi) is 5.01. The SMILES string of the molecule is CSCCCNC1CCCc2sc(Cl)cc21. The summed E-state index contributed by atoms with van der Waals surface area (Å²) in [5, 5.41) is 3.66. The van der Waals surface area contributed by atoms with Gasteiger partial charge in [0.15, 0.2) is 0 Å². The van der Waals surface area contributed by atoms with Crippen LogP contribution in [0.1, 0.15) is 35.7 Å². The van der Waals surface area contributed by atoms with Crippen LogP contribution in [-0.2, 0) is 6.42 Å². The number of halogens is 1. The molecular formula is C12H18ClNS2. The molecule has 4 heteroatoms. The van der Waals surface area contributed by atoms with E-state index in [0.29, 0.717) is 6.04 Å². The number of hydrogen-bond acceptors (Lipinski definition) is 3. The van der Waals surface area contributed by atoms with Crippen molar-refractivity contribution < 1.29 is 0 Å². The molecule has 0 fully saturated rings. The van der Waals surface area contributed by atoms with Gasteiger partial charge < -0.3 is 5.32 Å². The third-order valence-electron chi connectivity index (χ3n) is 3.00. The second-order valence-electron chi connectivity index (χ2n) is 4.17. The van der Waals surface area contributed by atoms with Gasteiger partial charge in [-0.2, -0.15) is 11.8 Å². The van der Waals surface area contributed by atoms with Crippen molar-refractivity contribution in [1.82, 2.24) is 5.32 Å². The average Bonchev–Trinajstić information content (AvgIpc) is 2.65. The smallest absolute Gasteiger partial charge is 0.0934 e. The third kappa shape index (κ3) is 3.16. The molecule has 0 aromatic carbocycles. The van der Waals surface area contributed by atoms with Crippen molar-refractivity contribution in [2.24, 2.45) is 0 Å². The predicted molar refractivity (Wildman–Crippen MR) is 76.0 cm³/mol. The van der Waals surface area contributed by atoms with Crippen LogP contribution in [0.3, 0.4) is 0 Å². The Morgan fingerprint density at radius 3 is 3.31 bits per heavy atom. The molecule has 1 aliphatic rings. The maximum absolute atomic E-state index is 6.09. The van der Waals surface area contributed by atoms with Gasteiger partial charge in [-0.15, -0.1) is 11.3 Å². The molecule has 1 aliphatic carbocycles. The molecule has 0 spiro atoms. The van der Waals surface area contributed by atoms with Gasteiger partial charge in [-0.05, 0) is 55.9 Å². The molecule has 2 rings (SSSR count). The van der Waals surface area contributed by atoms with E-state index in [2.05, 4.69) is 17.6 Å². The average molecular weight is 276 g/mol. The van der Waals surface area contributed by atoms with E-state index >= 15 is 0 Å². The fourth-order valence-electron chi connectivity index (χ4n) is 2.23. The van der Waals surface area contributed by atoms with Gasteiger partial charge in [0.05, 0.1) is 4.34 Å². The Hall–Kier alpha value is 0.300. The van der Waals surface area contributed by atoms with Crippen molar-refractivity contribution in [2.45, 2.75) is 31.7 Å². The number of rotatable bonds is 5. The minimum atomic E-state index is 0.550. The molecular weight excluding hydrogens is 258 g/mol. The fourth-order valence-corrected chi connectivity index (χ4v) is 4.04. The number of thiophene rings is 1. The second kappa shape index (κ2) is 6.29. The van der Waals surface area contributed by atoms with Crippen molar-refractivity contribution >= 4 is 34.7 Å². The summed E-state index contributed by atoms with van der Waals surface area (Å²) >= 11 is 9.77. The topological polar surface area (TPSA) is 12.0 Å². The summed E-state index contributed by atoms with van der Waals surface area (Å²) in [5.74, 6) is 1.25. The van der Waals surface area contributed by atoms with Crippen LogP contribution in [0.2, 0.25) is 4.34 Å². The van der Waals surface area contributed by atoms with Crippen LogP contribution in [0.15, 0.2) is 6.07 Å². The molecule has 0 aliphatic heterocycles. The molecule has 1 N–H and O–H groups in total. The summed E-state index contributed by atoms with van der Waals surface area (Å²) in [6.07, 6.45) is 7.20. The number of nitrogens with one attached hydrogen (secondary N) is 1. The van der Waals surface area contributed by atoms with Crippen molar-refractivity contribution in [3.63, 3.8) is 0 Å². The number of thioether (sulfide) groups is 1. The highest BCUT2D eigenvalue weighted by atomic mass is 35.5. The lowest BCUT2D eigenvalue weighted by Gasteiger charge is -2.23.